The van der Waals surface area contributed by atoms with Crippen molar-refractivity contribution in [1.29, 1.82) is 0 Å². The van der Waals surface area contributed by atoms with E-state index in [4.69, 9.17) is 0 Å². The standard InChI is InChI=1S/C26H22/c1-3-13-22-23-18-11-12-19-25(23)26(24(22)4-2,20-14-7-5-8-15-20)21-16-9-6-10-17-21/h3-19H,1H2,2H3/b22-13?,24-4+. The molecule has 0 fully saturated rings. The van der Waals surface area contributed by atoms with Gasteiger partial charge in [0.25, 0.3) is 0 Å². The first-order valence-corrected chi connectivity index (χ1v) is 9.04. The van der Waals surface area contributed by atoms with Crippen molar-refractivity contribution in [2.75, 3.05) is 0 Å². The fourth-order valence-electron chi connectivity index (χ4n) is 4.37. The Morgan fingerprint density at radius 3 is 1.81 bits per heavy atom. The summed E-state index contributed by atoms with van der Waals surface area (Å²) in [4.78, 5) is 0. The van der Waals surface area contributed by atoms with Crippen molar-refractivity contribution in [2.45, 2.75) is 12.3 Å². The number of allylic oxidation sites excluding steroid dienone is 5. The lowest BCUT2D eigenvalue weighted by atomic mass is 9.67. The third-order valence-electron chi connectivity index (χ3n) is 5.30. The Morgan fingerprint density at radius 1 is 0.731 bits per heavy atom. The van der Waals surface area contributed by atoms with Crippen LogP contribution in [0.5, 0.6) is 0 Å². The lowest BCUT2D eigenvalue weighted by Crippen LogP contribution is -2.28. The van der Waals surface area contributed by atoms with E-state index in [1.54, 1.807) is 0 Å². The third-order valence-corrected chi connectivity index (χ3v) is 5.30. The average Bonchev–Trinajstić information content (AvgIpc) is 3.00. The molecule has 0 spiro atoms. The van der Waals surface area contributed by atoms with E-state index in [1.807, 2.05) is 6.08 Å². The topological polar surface area (TPSA) is 0 Å². The molecule has 0 bridgehead atoms. The van der Waals surface area contributed by atoms with Crippen LogP contribution in [0.1, 0.15) is 29.2 Å². The van der Waals surface area contributed by atoms with Gasteiger partial charge in [-0.1, -0.05) is 110 Å². The SMILES string of the molecule is C=CC=C1/C(=C\C)C(c2ccccc2)(c2ccccc2)c2ccccc21. The Kier molecular flexibility index (Phi) is 4.18. The van der Waals surface area contributed by atoms with Gasteiger partial charge in [-0.25, -0.2) is 0 Å². The van der Waals surface area contributed by atoms with Crippen molar-refractivity contribution in [3.05, 3.63) is 138 Å². The van der Waals surface area contributed by atoms with E-state index in [1.165, 1.54) is 33.4 Å². The zero-order valence-corrected chi connectivity index (χ0v) is 15.0. The fourth-order valence-corrected chi connectivity index (χ4v) is 4.37. The van der Waals surface area contributed by atoms with Crippen molar-refractivity contribution in [1.82, 2.24) is 0 Å². The fraction of sp³-hybridized carbons (Fsp3) is 0.0769. The Morgan fingerprint density at radius 2 is 1.27 bits per heavy atom. The molecule has 1 aliphatic carbocycles. The predicted octanol–water partition coefficient (Wildman–Crippen LogP) is 6.55. The zero-order chi connectivity index (χ0) is 18.0. The van der Waals surface area contributed by atoms with Crippen LogP contribution in [0.2, 0.25) is 0 Å². The molecule has 0 aromatic heterocycles. The normalized spacial score (nSPS) is 18.0. The van der Waals surface area contributed by atoms with Crippen LogP contribution in [0.3, 0.4) is 0 Å². The third kappa shape index (κ3) is 2.23. The number of rotatable bonds is 3. The predicted molar refractivity (Wildman–Crippen MR) is 111 cm³/mol. The van der Waals surface area contributed by atoms with Crippen LogP contribution in [0.4, 0.5) is 0 Å². The molecule has 0 heteroatoms. The maximum atomic E-state index is 3.96. The summed E-state index contributed by atoms with van der Waals surface area (Å²) in [6.07, 6.45) is 6.29. The Balaban J connectivity index is 2.18. The minimum Gasteiger partial charge on any atom is -0.0990 e. The van der Waals surface area contributed by atoms with Crippen molar-refractivity contribution in [2.24, 2.45) is 0 Å². The van der Waals surface area contributed by atoms with Crippen LogP contribution in [0, 0.1) is 0 Å². The van der Waals surface area contributed by atoms with Crippen LogP contribution < -0.4 is 0 Å². The second-order valence-corrected chi connectivity index (χ2v) is 6.55. The van der Waals surface area contributed by atoms with E-state index in [0.717, 1.165) is 0 Å². The zero-order valence-electron chi connectivity index (χ0n) is 15.0. The summed E-state index contributed by atoms with van der Waals surface area (Å²) in [5.74, 6) is 0. The number of hydrogen-bond acceptors (Lipinski definition) is 0. The van der Waals surface area contributed by atoms with Gasteiger partial charge in [-0.15, -0.1) is 0 Å². The minimum absolute atomic E-state index is 0.303. The quantitative estimate of drug-likeness (QED) is 0.509. The van der Waals surface area contributed by atoms with Crippen LogP contribution in [0.15, 0.2) is 115 Å². The van der Waals surface area contributed by atoms with E-state index in [2.05, 4.69) is 111 Å². The molecule has 0 unspecified atom stereocenters. The minimum atomic E-state index is -0.303. The van der Waals surface area contributed by atoms with Gasteiger partial charge in [-0.05, 0) is 40.3 Å². The summed E-state index contributed by atoms with van der Waals surface area (Å²) >= 11 is 0. The Hall–Kier alpha value is -3.12. The molecule has 126 valence electrons. The molecule has 1 aliphatic rings. The van der Waals surface area contributed by atoms with Crippen LogP contribution in [0.25, 0.3) is 5.57 Å². The van der Waals surface area contributed by atoms with Gasteiger partial charge in [0.05, 0.1) is 5.41 Å². The molecule has 0 saturated heterocycles. The molecule has 3 aromatic rings. The first-order valence-electron chi connectivity index (χ1n) is 9.04. The molecular formula is C26H22. The molecule has 0 saturated carbocycles. The summed E-state index contributed by atoms with van der Waals surface area (Å²) in [6.45, 7) is 6.09. The van der Waals surface area contributed by atoms with E-state index in [9.17, 15) is 0 Å². The number of hydrogen-bond donors (Lipinski definition) is 0. The van der Waals surface area contributed by atoms with Gasteiger partial charge in [0, 0.05) is 0 Å². The van der Waals surface area contributed by atoms with Crippen LogP contribution >= 0.6 is 0 Å². The van der Waals surface area contributed by atoms with E-state index < -0.39 is 0 Å². The molecule has 3 aromatic carbocycles. The lowest BCUT2D eigenvalue weighted by Gasteiger charge is -2.34. The average molecular weight is 334 g/mol. The van der Waals surface area contributed by atoms with E-state index >= 15 is 0 Å². The van der Waals surface area contributed by atoms with Gasteiger partial charge >= 0.3 is 0 Å². The summed E-state index contributed by atoms with van der Waals surface area (Å²) in [6, 6.07) is 30.4. The molecular weight excluding hydrogens is 312 g/mol. The maximum absolute atomic E-state index is 3.96. The second-order valence-electron chi connectivity index (χ2n) is 6.55. The van der Waals surface area contributed by atoms with Gasteiger partial charge in [-0.2, -0.15) is 0 Å². The van der Waals surface area contributed by atoms with Crippen molar-refractivity contribution < 1.29 is 0 Å². The highest BCUT2D eigenvalue weighted by Gasteiger charge is 2.47. The molecule has 0 atom stereocenters. The van der Waals surface area contributed by atoms with E-state index in [0.29, 0.717) is 0 Å². The smallest absolute Gasteiger partial charge is 0.0710 e. The van der Waals surface area contributed by atoms with Crippen molar-refractivity contribution in [3.8, 4) is 0 Å². The lowest BCUT2D eigenvalue weighted by molar-refractivity contribution is 0.767. The number of fused-ring (bicyclic) bond motifs is 1. The van der Waals surface area contributed by atoms with Crippen molar-refractivity contribution >= 4 is 5.57 Å². The highest BCUT2D eigenvalue weighted by Crippen LogP contribution is 2.56. The first-order chi connectivity index (χ1) is 12.8. The molecule has 0 aliphatic heterocycles. The summed E-state index contributed by atoms with van der Waals surface area (Å²) in [5, 5.41) is 0. The summed E-state index contributed by atoms with van der Waals surface area (Å²) in [7, 11) is 0. The molecule has 0 N–H and O–H groups in total. The molecule has 4 rings (SSSR count). The van der Waals surface area contributed by atoms with Gasteiger partial charge in [0.1, 0.15) is 0 Å². The van der Waals surface area contributed by atoms with Gasteiger partial charge in [0.15, 0.2) is 0 Å². The van der Waals surface area contributed by atoms with Gasteiger partial charge in [-0.3, -0.25) is 0 Å². The molecule has 0 radical (unpaired) electrons. The first kappa shape index (κ1) is 16.4. The monoisotopic (exact) mass is 334 g/mol. The summed E-state index contributed by atoms with van der Waals surface area (Å²) < 4.78 is 0. The second kappa shape index (κ2) is 6.65. The molecule has 0 heterocycles. The maximum Gasteiger partial charge on any atom is 0.0710 e. The highest BCUT2D eigenvalue weighted by atomic mass is 14.5. The summed E-state index contributed by atoms with van der Waals surface area (Å²) in [5.41, 5.74) is 7.47. The van der Waals surface area contributed by atoms with Crippen molar-refractivity contribution in [3.63, 3.8) is 0 Å². The highest BCUT2D eigenvalue weighted by molar-refractivity contribution is 5.94. The Bertz CT molecular complexity index is 949. The van der Waals surface area contributed by atoms with E-state index in [-0.39, 0.29) is 5.41 Å². The molecule has 0 amide bonds. The largest absolute Gasteiger partial charge is 0.0990 e. The number of benzene rings is 3. The molecule has 0 nitrogen and oxygen atoms in total. The van der Waals surface area contributed by atoms with Crippen LogP contribution in [-0.4, -0.2) is 0 Å². The molecule has 26 heavy (non-hydrogen) atoms. The Labute approximate surface area is 155 Å². The van der Waals surface area contributed by atoms with Crippen LogP contribution in [-0.2, 0) is 5.41 Å². The van der Waals surface area contributed by atoms with Gasteiger partial charge < -0.3 is 0 Å². The van der Waals surface area contributed by atoms with Gasteiger partial charge in [0.2, 0.25) is 0 Å².